The van der Waals surface area contributed by atoms with Gasteiger partial charge in [0.25, 0.3) is 0 Å². The first-order valence-electron chi connectivity index (χ1n) is 11.2. The number of para-hydroxylation sites is 1. The first-order chi connectivity index (χ1) is 16.2. The molecule has 6 nitrogen and oxygen atoms in total. The van der Waals surface area contributed by atoms with Crippen LogP contribution >= 0.6 is 0 Å². The maximum atomic E-state index is 9.24. The Bertz CT molecular complexity index is 1180. The van der Waals surface area contributed by atoms with Crippen LogP contribution in [0.2, 0.25) is 0 Å². The monoisotopic (exact) mass is 446 g/mol. The highest BCUT2D eigenvalue weighted by molar-refractivity contribution is 5.83. The van der Waals surface area contributed by atoms with Crippen molar-refractivity contribution in [2.24, 2.45) is 5.73 Å². The average Bonchev–Trinajstić information content (AvgIpc) is 3.30. The Balaban J connectivity index is 0.000000172. The second kappa shape index (κ2) is 11.0. The number of H-pyrrole nitrogens is 1. The molecule has 33 heavy (non-hydrogen) atoms. The third-order valence-corrected chi connectivity index (χ3v) is 5.66. The topological polar surface area (TPSA) is 101 Å². The van der Waals surface area contributed by atoms with E-state index in [0.29, 0.717) is 19.8 Å². The number of fused-ring (bicyclic) bond motifs is 2. The van der Waals surface area contributed by atoms with Crippen LogP contribution in [0.4, 0.5) is 0 Å². The Morgan fingerprint density at radius 1 is 0.879 bits per heavy atom. The first kappa shape index (κ1) is 22.9. The number of hydrogen-bond donors (Lipinski definition) is 4. The zero-order valence-electron chi connectivity index (χ0n) is 18.6. The Labute approximate surface area is 193 Å². The highest BCUT2D eigenvalue weighted by atomic mass is 16.6. The SMILES string of the molecule is NCc1cc(-c2cccc(CO)c2)cc2c1OCCO2.OCCCc1c[nH]c2ccccc12. The van der Waals surface area contributed by atoms with Gasteiger partial charge < -0.3 is 30.4 Å². The number of aliphatic hydroxyl groups is 2. The molecule has 0 unspecified atom stereocenters. The largest absolute Gasteiger partial charge is 0.486 e. The van der Waals surface area contributed by atoms with Crippen LogP contribution in [-0.4, -0.2) is 35.0 Å². The van der Waals surface area contributed by atoms with Gasteiger partial charge in [-0.15, -0.1) is 0 Å². The van der Waals surface area contributed by atoms with E-state index in [1.807, 2.05) is 54.7 Å². The number of benzene rings is 3. The molecular weight excluding hydrogens is 416 g/mol. The molecule has 5 rings (SSSR count). The lowest BCUT2D eigenvalue weighted by Gasteiger charge is -2.22. The number of aromatic amines is 1. The maximum absolute atomic E-state index is 9.24. The van der Waals surface area contributed by atoms with Crippen LogP contribution in [-0.2, 0) is 19.6 Å². The number of aryl methyl sites for hydroxylation is 1. The molecule has 4 aromatic rings. The molecule has 0 radical (unpaired) electrons. The number of ether oxygens (including phenoxy) is 2. The standard InChI is InChI=1S/C16H17NO3.C11H13NO/c17-9-14-7-13(8-15-16(14)20-5-4-19-15)12-3-1-2-11(6-12)10-18;13-7-3-4-9-8-12-11-6-2-1-5-10(9)11/h1-3,6-8,18H,4-5,9-10,17H2;1-2,5-6,8,12-13H,3-4,7H2. The zero-order valence-corrected chi connectivity index (χ0v) is 18.6. The van der Waals surface area contributed by atoms with Gasteiger partial charge in [0.05, 0.1) is 6.61 Å². The van der Waals surface area contributed by atoms with Crippen molar-refractivity contribution < 1.29 is 19.7 Å². The summed E-state index contributed by atoms with van der Waals surface area (Å²) in [5, 5.41) is 19.2. The van der Waals surface area contributed by atoms with E-state index in [-0.39, 0.29) is 13.2 Å². The summed E-state index contributed by atoms with van der Waals surface area (Å²) in [5.41, 5.74) is 12.1. The fourth-order valence-electron chi connectivity index (χ4n) is 4.00. The number of hydrogen-bond acceptors (Lipinski definition) is 5. The lowest BCUT2D eigenvalue weighted by atomic mass is 10.00. The normalized spacial score (nSPS) is 12.3. The van der Waals surface area contributed by atoms with Crippen LogP contribution < -0.4 is 15.2 Å². The van der Waals surface area contributed by atoms with E-state index in [1.54, 1.807) is 0 Å². The molecule has 172 valence electrons. The lowest BCUT2D eigenvalue weighted by Crippen LogP contribution is -2.17. The predicted octanol–water partition coefficient (Wildman–Crippen LogP) is 4.17. The van der Waals surface area contributed by atoms with Crippen molar-refractivity contribution in [3.05, 3.63) is 83.6 Å². The van der Waals surface area contributed by atoms with Gasteiger partial charge in [0.1, 0.15) is 13.2 Å². The van der Waals surface area contributed by atoms with Crippen molar-refractivity contribution >= 4 is 10.9 Å². The number of nitrogens with one attached hydrogen (secondary N) is 1. The summed E-state index contributed by atoms with van der Waals surface area (Å²) in [6.45, 7) is 1.80. The summed E-state index contributed by atoms with van der Waals surface area (Å²) in [5.74, 6) is 1.49. The molecule has 0 atom stereocenters. The molecule has 0 fully saturated rings. The van der Waals surface area contributed by atoms with Crippen molar-refractivity contribution in [1.82, 2.24) is 4.98 Å². The van der Waals surface area contributed by atoms with Gasteiger partial charge in [0, 0.05) is 35.8 Å². The Morgan fingerprint density at radius 3 is 2.55 bits per heavy atom. The smallest absolute Gasteiger partial charge is 0.165 e. The van der Waals surface area contributed by atoms with Gasteiger partial charge in [-0.25, -0.2) is 0 Å². The minimum atomic E-state index is 0.0299. The van der Waals surface area contributed by atoms with Gasteiger partial charge in [0.15, 0.2) is 11.5 Å². The first-order valence-corrected chi connectivity index (χ1v) is 11.2. The number of nitrogens with two attached hydrogens (primary N) is 1. The van der Waals surface area contributed by atoms with Crippen LogP contribution in [0.1, 0.15) is 23.1 Å². The van der Waals surface area contributed by atoms with Crippen LogP contribution in [0.5, 0.6) is 11.5 Å². The second-order valence-electron chi connectivity index (χ2n) is 7.91. The molecule has 0 spiro atoms. The molecule has 0 saturated carbocycles. The van der Waals surface area contributed by atoms with Crippen LogP contribution in [0.3, 0.4) is 0 Å². The van der Waals surface area contributed by atoms with Crippen LogP contribution in [0, 0.1) is 0 Å². The summed E-state index contributed by atoms with van der Waals surface area (Å²) in [4.78, 5) is 3.22. The molecule has 1 aromatic heterocycles. The highest BCUT2D eigenvalue weighted by Crippen LogP contribution is 2.38. The zero-order chi connectivity index (χ0) is 23.0. The quantitative estimate of drug-likeness (QED) is 0.356. The average molecular weight is 447 g/mol. The summed E-state index contributed by atoms with van der Waals surface area (Å²) < 4.78 is 11.3. The third kappa shape index (κ3) is 5.37. The molecule has 2 heterocycles. The van der Waals surface area contributed by atoms with Crippen molar-refractivity contribution in [3.8, 4) is 22.6 Å². The molecule has 1 aliphatic rings. The minimum absolute atomic E-state index is 0.0299. The van der Waals surface area contributed by atoms with E-state index in [4.69, 9.17) is 20.3 Å². The van der Waals surface area contributed by atoms with Crippen molar-refractivity contribution in [3.63, 3.8) is 0 Å². The molecule has 0 saturated heterocycles. The summed E-state index contributed by atoms with van der Waals surface area (Å²) in [6.07, 6.45) is 3.81. The molecule has 6 heteroatoms. The van der Waals surface area contributed by atoms with E-state index < -0.39 is 0 Å². The minimum Gasteiger partial charge on any atom is -0.486 e. The maximum Gasteiger partial charge on any atom is 0.165 e. The van der Waals surface area contributed by atoms with E-state index >= 15 is 0 Å². The van der Waals surface area contributed by atoms with Crippen molar-refractivity contribution in [2.45, 2.75) is 26.0 Å². The van der Waals surface area contributed by atoms with E-state index in [2.05, 4.69) is 17.1 Å². The summed E-state index contributed by atoms with van der Waals surface area (Å²) >= 11 is 0. The van der Waals surface area contributed by atoms with Gasteiger partial charge in [0.2, 0.25) is 0 Å². The van der Waals surface area contributed by atoms with Crippen LogP contribution in [0.25, 0.3) is 22.0 Å². The summed E-state index contributed by atoms with van der Waals surface area (Å²) in [7, 11) is 0. The van der Waals surface area contributed by atoms with Crippen LogP contribution in [0.15, 0.2) is 66.9 Å². The van der Waals surface area contributed by atoms with Gasteiger partial charge in [-0.05, 0) is 59.4 Å². The third-order valence-electron chi connectivity index (χ3n) is 5.66. The van der Waals surface area contributed by atoms with E-state index in [9.17, 15) is 5.11 Å². The predicted molar refractivity (Wildman–Crippen MR) is 130 cm³/mol. The molecular formula is C27H30N2O4. The molecule has 1 aliphatic heterocycles. The van der Waals surface area contributed by atoms with Gasteiger partial charge in [-0.1, -0.05) is 36.4 Å². The van der Waals surface area contributed by atoms with Gasteiger partial charge in [-0.3, -0.25) is 0 Å². The highest BCUT2D eigenvalue weighted by Gasteiger charge is 2.17. The Morgan fingerprint density at radius 2 is 1.73 bits per heavy atom. The second-order valence-corrected chi connectivity index (χ2v) is 7.91. The lowest BCUT2D eigenvalue weighted by molar-refractivity contribution is 0.170. The fraction of sp³-hybridized carbons (Fsp3) is 0.259. The molecule has 0 amide bonds. The number of aliphatic hydroxyl groups excluding tert-OH is 2. The molecule has 5 N–H and O–H groups in total. The van der Waals surface area contributed by atoms with Crippen molar-refractivity contribution in [2.75, 3.05) is 19.8 Å². The van der Waals surface area contributed by atoms with Crippen molar-refractivity contribution in [1.29, 1.82) is 0 Å². The van der Waals surface area contributed by atoms with E-state index in [0.717, 1.165) is 46.6 Å². The molecule has 0 aliphatic carbocycles. The number of rotatable bonds is 6. The molecule has 3 aromatic carbocycles. The Hall–Kier alpha value is -3.32. The number of aromatic nitrogens is 1. The summed E-state index contributed by atoms with van der Waals surface area (Å²) in [6, 6.07) is 20.0. The molecule has 0 bridgehead atoms. The van der Waals surface area contributed by atoms with E-state index in [1.165, 1.54) is 16.5 Å². The van der Waals surface area contributed by atoms with Gasteiger partial charge in [-0.2, -0.15) is 0 Å². The van der Waals surface area contributed by atoms with Gasteiger partial charge >= 0.3 is 0 Å². The Kier molecular flexibility index (Phi) is 7.62. The fourth-order valence-corrected chi connectivity index (χ4v) is 4.00.